The average Bonchev–Trinajstić information content (AvgIpc) is 3.31. The number of carbonyl (C=O) groups is 1. The van der Waals surface area contributed by atoms with Crippen molar-refractivity contribution in [3.05, 3.63) is 107 Å². The van der Waals surface area contributed by atoms with Gasteiger partial charge in [-0.2, -0.15) is 4.68 Å². The Morgan fingerprint density at radius 1 is 1.03 bits per heavy atom. The van der Waals surface area contributed by atoms with Crippen molar-refractivity contribution in [2.24, 2.45) is 0 Å². The van der Waals surface area contributed by atoms with E-state index >= 15 is 0 Å². The number of benzene rings is 3. The number of hydrogen-bond acceptors (Lipinski definition) is 5. The fourth-order valence-corrected chi connectivity index (χ4v) is 4.09. The first-order chi connectivity index (χ1) is 16.1. The maximum atomic E-state index is 13.0. The van der Waals surface area contributed by atoms with E-state index in [0.717, 1.165) is 22.4 Å². The molecule has 164 valence electrons. The molecule has 0 unspecified atom stereocenters. The topological polar surface area (TPSA) is 75.9 Å². The van der Waals surface area contributed by atoms with Crippen molar-refractivity contribution in [2.75, 3.05) is 16.8 Å². The third-order valence-electron chi connectivity index (χ3n) is 5.49. The van der Waals surface area contributed by atoms with E-state index in [1.807, 2.05) is 54.3 Å². The Morgan fingerprint density at radius 2 is 1.82 bits per heavy atom. The first-order valence-corrected chi connectivity index (χ1v) is 10.9. The molecule has 8 heteroatoms. The number of amides is 1. The van der Waals surface area contributed by atoms with Crippen LogP contribution in [0.5, 0.6) is 0 Å². The average molecular weight is 457 g/mol. The van der Waals surface area contributed by atoms with Crippen LogP contribution in [0.25, 0.3) is 5.70 Å². The van der Waals surface area contributed by atoms with Crippen molar-refractivity contribution in [3.8, 4) is 0 Å². The number of aryl methyl sites for hydroxylation is 1. The summed E-state index contributed by atoms with van der Waals surface area (Å²) >= 11 is 6.06. The van der Waals surface area contributed by atoms with Gasteiger partial charge in [0.1, 0.15) is 12.6 Å². The van der Waals surface area contributed by atoms with E-state index in [4.69, 9.17) is 11.6 Å². The van der Waals surface area contributed by atoms with Crippen LogP contribution < -0.4 is 10.2 Å². The maximum absolute atomic E-state index is 13.0. The molecule has 0 saturated carbocycles. The van der Waals surface area contributed by atoms with E-state index in [2.05, 4.69) is 39.1 Å². The normalized spacial score (nSPS) is 15.0. The lowest BCUT2D eigenvalue weighted by molar-refractivity contribution is -0.114. The fraction of sp³-hybridized carbons (Fsp3) is 0.120. The third kappa shape index (κ3) is 4.36. The zero-order valence-corrected chi connectivity index (χ0v) is 18.6. The first-order valence-electron chi connectivity index (χ1n) is 10.5. The second kappa shape index (κ2) is 8.88. The van der Waals surface area contributed by atoms with Crippen LogP contribution in [0, 0.1) is 6.92 Å². The molecule has 7 nitrogen and oxygen atoms in total. The Labute approximate surface area is 196 Å². The van der Waals surface area contributed by atoms with Crippen LogP contribution in [0.1, 0.15) is 22.7 Å². The Morgan fingerprint density at radius 3 is 2.58 bits per heavy atom. The van der Waals surface area contributed by atoms with Gasteiger partial charge in [-0.25, -0.2) is 0 Å². The summed E-state index contributed by atoms with van der Waals surface area (Å²) in [5.41, 5.74) is 4.69. The van der Waals surface area contributed by atoms with Crippen LogP contribution in [-0.4, -0.2) is 32.7 Å². The molecule has 0 aliphatic carbocycles. The lowest BCUT2D eigenvalue weighted by Gasteiger charge is -2.32. The Balaban J connectivity index is 1.53. The number of allylic oxidation sites excluding steroid dienone is 1. The predicted molar refractivity (Wildman–Crippen MR) is 129 cm³/mol. The molecule has 33 heavy (non-hydrogen) atoms. The number of carbonyl (C=O) groups excluding carboxylic acids is 1. The zero-order valence-electron chi connectivity index (χ0n) is 17.9. The van der Waals surface area contributed by atoms with E-state index < -0.39 is 0 Å². The van der Waals surface area contributed by atoms with Crippen LogP contribution in [0.3, 0.4) is 0 Å². The molecule has 1 amide bonds. The molecule has 1 atom stereocenters. The molecule has 1 aromatic heterocycles. The molecule has 0 radical (unpaired) electrons. The summed E-state index contributed by atoms with van der Waals surface area (Å²) in [6.45, 7) is 2.08. The van der Waals surface area contributed by atoms with Crippen LogP contribution in [0.2, 0.25) is 5.02 Å². The van der Waals surface area contributed by atoms with Gasteiger partial charge in [0.15, 0.2) is 0 Å². The summed E-state index contributed by atoms with van der Waals surface area (Å²) < 4.78 is 1.74. The van der Waals surface area contributed by atoms with E-state index in [9.17, 15) is 4.79 Å². The van der Waals surface area contributed by atoms with E-state index in [1.54, 1.807) is 28.9 Å². The summed E-state index contributed by atoms with van der Waals surface area (Å²) in [6, 6.07) is 25.1. The summed E-state index contributed by atoms with van der Waals surface area (Å²) in [5.74, 6) is 0.297. The van der Waals surface area contributed by atoms with Crippen molar-refractivity contribution in [2.45, 2.75) is 13.0 Å². The number of halogens is 1. The third-order valence-corrected chi connectivity index (χ3v) is 5.72. The van der Waals surface area contributed by atoms with E-state index in [-0.39, 0.29) is 18.5 Å². The van der Waals surface area contributed by atoms with Gasteiger partial charge >= 0.3 is 0 Å². The molecular weight excluding hydrogens is 436 g/mol. The fourth-order valence-electron chi connectivity index (χ4n) is 3.89. The maximum Gasteiger partial charge on any atom is 0.251 e. The van der Waals surface area contributed by atoms with Crippen LogP contribution >= 0.6 is 11.6 Å². The summed E-state index contributed by atoms with van der Waals surface area (Å²) in [5, 5.41) is 15.9. The smallest absolute Gasteiger partial charge is 0.251 e. The number of rotatable bonds is 5. The minimum Gasteiger partial charge on any atom is -0.324 e. The number of tetrazole rings is 1. The van der Waals surface area contributed by atoms with Crippen molar-refractivity contribution < 1.29 is 4.79 Å². The van der Waals surface area contributed by atoms with Gasteiger partial charge in [-0.05, 0) is 52.8 Å². The highest BCUT2D eigenvalue weighted by Crippen LogP contribution is 2.36. The van der Waals surface area contributed by atoms with Gasteiger partial charge in [0.2, 0.25) is 5.91 Å². The minimum atomic E-state index is -0.206. The standard InChI is InChI=1S/C25H21ClN6O/c1-17-10-12-19(13-11-17)22-15-23(18-6-3-2-4-7-18)32-25(28-29-30-32)31(22)16-24(33)27-21-9-5-8-20(26)14-21/h2-15,23H,16H2,1H3,(H,27,33)/t23-/m0/s1. The van der Waals surface area contributed by atoms with Gasteiger partial charge in [0.05, 0.1) is 5.70 Å². The summed E-state index contributed by atoms with van der Waals surface area (Å²) in [6.07, 6.45) is 2.09. The lowest BCUT2D eigenvalue weighted by Crippen LogP contribution is -2.37. The molecular formula is C25H21ClN6O. The monoisotopic (exact) mass is 456 g/mol. The molecule has 0 fully saturated rings. The number of anilines is 2. The highest BCUT2D eigenvalue weighted by molar-refractivity contribution is 6.30. The highest BCUT2D eigenvalue weighted by Gasteiger charge is 2.31. The quantitative estimate of drug-likeness (QED) is 0.470. The molecule has 1 aliphatic rings. The number of hydrogen-bond donors (Lipinski definition) is 1. The SMILES string of the molecule is Cc1ccc(C2=C[C@@H](c3ccccc3)n3nnnc3N2CC(=O)Nc2cccc(Cl)c2)cc1. The Kier molecular flexibility index (Phi) is 5.62. The Hall–Kier alpha value is -3.97. The van der Waals surface area contributed by atoms with Crippen molar-refractivity contribution >= 4 is 34.8 Å². The largest absolute Gasteiger partial charge is 0.324 e. The second-order valence-corrected chi connectivity index (χ2v) is 8.28. The summed E-state index contributed by atoms with van der Waals surface area (Å²) in [7, 11) is 0. The summed E-state index contributed by atoms with van der Waals surface area (Å²) in [4.78, 5) is 14.8. The number of fused-ring (bicyclic) bond motifs is 1. The number of nitrogens with zero attached hydrogens (tertiary/aromatic N) is 5. The molecule has 0 spiro atoms. The second-order valence-electron chi connectivity index (χ2n) is 7.84. The minimum absolute atomic E-state index is 0.0358. The van der Waals surface area contributed by atoms with Gasteiger partial charge in [-0.1, -0.05) is 82.9 Å². The van der Waals surface area contributed by atoms with Crippen LogP contribution in [0.15, 0.2) is 84.9 Å². The van der Waals surface area contributed by atoms with Crippen molar-refractivity contribution in [1.29, 1.82) is 0 Å². The van der Waals surface area contributed by atoms with Crippen LogP contribution in [0.4, 0.5) is 11.6 Å². The molecule has 0 bridgehead atoms. The van der Waals surface area contributed by atoms with Gasteiger partial charge in [0, 0.05) is 10.7 Å². The highest BCUT2D eigenvalue weighted by atomic mass is 35.5. The molecule has 0 saturated heterocycles. The molecule has 5 rings (SSSR count). The van der Waals surface area contributed by atoms with Gasteiger partial charge < -0.3 is 5.32 Å². The lowest BCUT2D eigenvalue weighted by atomic mass is 10.00. The van der Waals surface area contributed by atoms with Crippen molar-refractivity contribution in [3.63, 3.8) is 0 Å². The predicted octanol–water partition coefficient (Wildman–Crippen LogP) is 4.72. The Bertz CT molecular complexity index is 1320. The van der Waals surface area contributed by atoms with Crippen LogP contribution in [-0.2, 0) is 4.79 Å². The molecule has 3 aromatic carbocycles. The molecule has 1 N–H and O–H groups in total. The number of nitrogens with one attached hydrogen (secondary N) is 1. The molecule has 2 heterocycles. The number of aromatic nitrogens is 4. The zero-order chi connectivity index (χ0) is 22.8. The molecule has 4 aromatic rings. The van der Waals surface area contributed by atoms with Gasteiger partial charge in [0.25, 0.3) is 5.95 Å². The first kappa shape index (κ1) is 20.9. The van der Waals surface area contributed by atoms with Gasteiger partial charge in [-0.3, -0.25) is 9.69 Å². The van der Waals surface area contributed by atoms with Crippen molar-refractivity contribution in [1.82, 2.24) is 20.2 Å². The molecule has 1 aliphatic heterocycles. The van der Waals surface area contributed by atoms with E-state index in [1.165, 1.54) is 0 Å². The van der Waals surface area contributed by atoms with Gasteiger partial charge in [-0.15, -0.1) is 0 Å². The van der Waals surface area contributed by atoms with E-state index in [0.29, 0.717) is 16.7 Å².